The molecule has 0 aromatic heterocycles. The third kappa shape index (κ3) is 3.44. The summed E-state index contributed by atoms with van der Waals surface area (Å²) >= 11 is 0. The lowest BCUT2D eigenvalue weighted by molar-refractivity contribution is -0.149. The van der Waals surface area contributed by atoms with Gasteiger partial charge in [-0.2, -0.15) is 0 Å². The Morgan fingerprint density at radius 3 is 2.54 bits per heavy atom. The van der Waals surface area contributed by atoms with Crippen LogP contribution in [0.5, 0.6) is 5.75 Å². The number of phenolic OH excluding ortho intramolecular Hbond substituents is 1. The number of Topliss-reactive ketones (excluding diaryl/α,β-unsaturated/α-hetero) is 2. The van der Waals surface area contributed by atoms with E-state index in [4.69, 9.17) is 5.73 Å². The Bertz CT molecular complexity index is 1470. The summed E-state index contributed by atoms with van der Waals surface area (Å²) in [6.07, 6.45) is 0.706. The fraction of sp³-hybridized carbons (Fsp3) is 0.552. The topological polar surface area (TPSA) is 177 Å². The maximum atomic E-state index is 16.4. The molecular formula is C29H35FN4O7. The predicted octanol–water partition coefficient (Wildman–Crippen LogP) is 1.46. The third-order valence-corrected chi connectivity index (χ3v) is 10.1. The molecule has 12 heteroatoms. The average Bonchev–Trinajstić information content (AvgIpc) is 3.31. The highest BCUT2D eigenvalue weighted by Gasteiger charge is 2.63. The smallest absolute Gasteiger partial charge is 0.255 e. The molecule has 0 radical (unpaired) electrons. The molecule has 7 N–H and O–H groups in total. The van der Waals surface area contributed by atoms with Crippen LogP contribution in [0, 0.1) is 23.6 Å². The molecule has 2 heterocycles. The van der Waals surface area contributed by atoms with E-state index in [0.717, 1.165) is 13.0 Å². The van der Waals surface area contributed by atoms with Crippen LogP contribution in [0.1, 0.15) is 54.2 Å². The van der Waals surface area contributed by atoms with Crippen molar-refractivity contribution < 1.29 is 39.2 Å². The average molecular weight is 571 g/mol. The van der Waals surface area contributed by atoms with Crippen LogP contribution in [0.2, 0.25) is 0 Å². The fourth-order valence-corrected chi connectivity index (χ4v) is 8.19. The van der Waals surface area contributed by atoms with Crippen LogP contribution < -0.4 is 11.1 Å². The van der Waals surface area contributed by atoms with E-state index in [9.17, 15) is 34.8 Å². The van der Waals surface area contributed by atoms with Crippen molar-refractivity contribution in [1.29, 1.82) is 0 Å². The minimum absolute atomic E-state index is 0.0279. The molecule has 220 valence electrons. The molecular weight excluding hydrogens is 535 g/mol. The number of rotatable bonds is 4. The molecule has 1 fully saturated rings. The number of aliphatic hydroxyl groups excluding tert-OH is 2. The summed E-state index contributed by atoms with van der Waals surface area (Å²) in [5.41, 5.74) is 1.71. The Morgan fingerprint density at radius 1 is 1.22 bits per heavy atom. The van der Waals surface area contributed by atoms with E-state index >= 15 is 4.39 Å². The summed E-state index contributed by atoms with van der Waals surface area (Å²) in [5, 5.41) is 48.9. The van der Waals surface area contributed by atoms with Gasteiger partial charge in [0.15, 0.2) is 17.1 Å². The fourth-order valence-electron chi connectivity index (χ4n) is 8.19. The van der Waals surface area contributed by atoms with Gasteiger partial charge in [0.05, 0.1) is 17.3 Å². The number of ketones is 2. The van der Waals surface area contributed by atoms with Crippen LogP contribution in [0.4, 0.5) is 10.1 Å². The summed E-state index contributed by atoms with van der Waals surface area (Å²) in [4.78, 5) is 43.6. The van der Waals surface area contributed by atoms with Gasteiger partial charge in [0.25, 0.3) is 5.91 Å². The lowest BCUT2D eigenvalue weighted by atomic mass is 9.58. The Kier molecular flexibility index (Phi) is 6.25. The number of aliphatic hydroxyl groups is 3. The molecule has 3 aliphatic carbocycles. The number of carbonyl (C=O) groups is 3. The molecule has 2 aliphatic heterocycles. The van der Waals surface area contributed by atoms with E-state index in [2.05, 4.69) is 5.32 Å². The maximum Gasteiger partial charge on any atom is 0.255 e. The summed E-state index contributed by atoms with van der Waals surface area (Å²) in [7, 11) is 1.90. The molecule has 2 unspecified atom stereocenters. The number of aromatic hydroxyl groups is 1. The van der Waals surface area contributed by atoms with Crippen molar-refractivity contribution >= 4 is 23.2 Å². The van der Waals surface area contributed by atoms with Crippen LogP contribution in [0.3, 0.4) is 0 Å². The maximum absolute atomic E-state index is 16.4. The SMILES string of the molecule is CCN(CC)[C@@H]1C(O)=C(C(N)=O)C(=O)[C@@]2(O)C(O)=C3C(=O)c4c(O)c5c(c(F)c4C[C@H]3C[C@@H]12)C1C(CCN1C)CN5. The zero-order chi connectivity index (χ0) is 29.7. The van der Waals surface area contributed by atoms with Crippen molar-refractivity contribution in [2.24, 2.45) is 23.5 Å². The molecule has 1 aromatic carbocycles. The van der Waals surface area contributed by atoms with Gasteiger partial charge >= 0.3 is 0 Å². The lowest BCUT2D eigenvalue weighted by Gasteiger charge is -2.51. The van der Waals surface area contributed by atoms with Crippen LogP contribution >= 0.6 is 0 Å². The normalized spacial score (nSPS) is 32.8. The number of hydrogen-bond acceptors (Lipinski definition) is 10. The van der Waals surface area contributed by atoms with Crippen LogP contribution in [-0.2, 0) is 16.0 Å². The highest BCUT2D eigenvalue weighted by molar-refractivity contribution is 6.25. The summed E-state index contributed by atoms with van der Waals surface area (Å²) in [5.74, 6) is -7.88. The number of carbonyl (C=O) groups excluding carboxylic acids is 3. The van der Waals surface area contributed by atoms with Crippen molar-refractivity contribution in [3.8, 4) is 5.75 Å². The number of nitrogens with two attached hydrogens (primary N) is 1. The molecule has 0 saturated carbocycles. The van der Waals surface area contributed by atoms with E-state index in [-0.39, 0.29) is 47.2 Å². The Morgan fingerprint density at radius 2 is 1.90 bits per heavy atom. The van der Waals surface area contributed by atoms with E-state index in [0.29, 0.717) is 25.2 Å². The first-order chi connectivity index (χ1) is 19.4. The Balaban J connectivity index is 1.55. The van der Waals surface area contributed by atoms with Gasteiger partial charge in [-0.1, -0.05) is 13.8 Å². The van der Waals surface area contributed by atoms with E-state index < -0.39 is 69.6 Å². The van der Waals surface area contributed by atoms with Gasteiger partial charge in [-0.3, -0.25) is 24.2 Å². The Hall–Kier alpha value is -3.48. The molecule has 41 heavy (non-hydrogen) atoms. The van der Waals surface area contributed by atoms with Gasteiger partial charge in [-0.05, 0) is 57.8 Å². The van der Waals surface area contributed by atoms with Gasteiger partial charge in [-0.25, -0.2) is 4.39 Å². The van der Waals surface area contributed by atoms with Gasteiger partial charge < -0.3 is 31.5 Å². The largest absolute Gasteiger partial charge is 0.510 e. The number of primary amides is 1. The zero-order valence-corrected chi connectivity index (χ0v) is 23.2. The summed E-state index contributed by atoms with van der Waals surface area (Å²) in [6.45, 7) is 5.57. The number of nitrogens with zero attached hydrogens (tertiary/aromatic N) is 2. The third-order valence-electron chi connectivity index (χ3n) is 10.1. The number of anilines is 1. The number of amides is 1. The van der Waals surface area contributed by atoms with Crippen LogP contribution in [-0.4, -0.2) is 92.6 Å². The lowest BCUT2D eigenvalue weighted by Crippen LogP contribution is -2.64. The second kappa shape index (κ2) is 9.27. The second-order valence-electron chi connectivity index (χ2n) is 11.9. The monoisotopic (exact) mass is 570 g/mol. The number of halogens is 1. The molecule has 0 spiro atoms. The highest BCUT2D eigenvalue weighted by Crippen LogP contribution is 2.56. The molecule has 1 saturated heterocycles. The van der Waals surface area contributed by atoms with Crippen molar-refractivity contribution in [2.45, 2.75) is 50.8 Å². The van der Waals surface area contributed by atoms with Gasteiger partial charge in [0, 0.05) is 35.2 Å². The van der Waals surface area contributed by atoms with Crippen molar-refractivity contribution in [3.05, 3.63) is 45.2 Å². The second-order valence-corrected chi connectivity index (χ2v) is 11.9. The first kappa shape index (κ1) is 27.7. The number of likely N-dealkylation sites (tertiary alicyclic amines) is 1. The summed E-state index contributed by atoms with van der Waals surface area (Å²) < 4.78 is 16.4. The van der Waals surface area contributed by atoms with Crippen LogP contribution in [0.25, 0.3) is 0 Å². The van der Waals surface area contributed by atoms with Gasteiger partial charge in [0.1, 0.15) is 22.9 Å². The molecule has 1 aromatic rings. The molecule has 6 rings (SSSR count). The van der Waals surface area contributed by atoms with Crippen LogP contribution in [0.15, 0.2) is 22.7 Å². The standard InChI is InChI=1S/C29H35FN4O7/c1-4-34(5-2)22-14-9-12-8-13-16(24(36)20-17(19(13)30)21-11(10-32-20)6-7-33(21)3)23(35)15(12)26(38)29(14,41)27(39)18(25(22)37)28(31)40/h11-12,14,21-22,32,36-38,41H,4-10H2,1-3H3,(H2,31,40)/t11?,12-,14-,21?,22-,29-/m0/s1. The van der Waals surface area contributed by atoms with Crippen molar-refractivity contribution in [1.82, 2.24) is 9.80 Å². The number of nitrogens with one attached hydrogen (secondary N) is 1. The minimum atomic E-state index is -2.73. The molecule has 6 atom stereocenters. The minimum Gasteiger partial charge on any atom is -0.510 e. The number of benzene rings is 1. The molecule has 5 aliphatic rings. The number of allylic oxidation sites excluding steroid dienone is 1. The summed E-state index contributed by atoms with van der Waals surface area (Å²) in [6, 6.07) is -1.34. The quantitative estimate of drug-likeness (QED) is 0.229. The number of fused-ring (bicyclic) bond motifs is 6. The molecule has 1 amide bonds. The van der Waals surface area contributed by atoms with E-state index in [1.165, 1.54) is 0 Å². The highest BCUT2D eigenvalue weighted by atomic mass is 19.1. The number of hydrogen-bond donors (Lipinski definition) is 6. The first-order valence-electron chi connectivity index (χ1n) is 14.1. The predicted molar refractivity (Wildman–Crippen MR) is 145 cm³/mol. The first-order valence-corrected chi connectivity index (χ1v) is 14.1. The van der Waals surface area contributed by atoms with E-state index in [1.54, 1.807) is 18.7 Å². The van der Waals surface area contributed by atoms with Gasteiger partial charge in [-0.15, -0.1) is 0 Å². The van der Waals surface area contributed by atoms with Gasteiger partial charge in [0.2, 0.25) is 5.78 Å². The number of likely N-dealkylation sites (N-methyl/N-ethyl adjacent to an activating group) is 1. The van der Waals surface area contributed by atoms with Crippen molar-refractivity contribution in [3.63, 3.8) is 0 Å². The molecule has 11 nitrogen and oxygen atoms in total. The zero-order valence-electron chi connectivity index (χ0n) is 23.2. The van der Waals surface area contributed by atoms with E-state index in [1.807, 2.05) is 11.9 Å². The molecule has 0 bridgehead atoms. The van der Waals surface area contributed by atoms with Crippen molar-refractivity contribution in [2.75, 3.05) is 38.5 Å². The number of phenols is 1. The Labute approximate surface area is 236 Å².